The van der Waals surface area contributed by atoms with Crippen LogP contribution in [-0.2, 0) is 23.9 Å². The van der Waals surface area contributed by atoms with Gasteiger partial charge in [0.1, 0.15) is 58.5 Å². The van der Waals surface area contributed by atoms with Crippen molar-refractivity contribution in [2.24, 2.45) is 17.8 Å². The number of likely N-dealkylation sites (tertiary alicyclic amines) is 1. The maximum atomic E-state index is 14.3. The molecule has 14 nitrogen and oxygen atoms in total. The highest BCUT2D eigenvalue weighted by Crippen LogP contribution is 2.52. The smallest absolute Gasteiger partial charge is 0.408 e. The maximum absolute atomic E-state index is 14.3. The number of carboxylic acid groups (broad SMARTS) is 1. The first-order valence-corrected chi connectivity index (χ1v) is 18.3. The van der Waals surface area contributed by atoms with Crippen LogP contribution in [0.5, 0.6) is 17.4 Å². The number of carbonyl (C=O) groups excluding carboxylic acids is 3. The molecule has 0 radical (unpaired) electrons. The predicted octanol–water partition coefficient (Wildman–Crippen LogP) is 4.50. The molecule has 3 amide bonds. The minimum atomic E-state index is -1.41. The zero-order valence-electron chi connectivity index (χ0n) is 29.9. The molecule has 1 unspecified atom stereocenters. The number of pyridine rings is 1. The predicted molar refractivity (Wildman–Crippen MR) is 190 cm³/mol. The average Bonchev–Trinajstić information content (AvgIpc) is 3.92. The summed E-state index contributed by atoms with van der Waals surface area (Å²) in [5.74, 6) is -0.394. The summed E-state index contributed by atoms with van der Waals surface area (Å²) in [7, 11) is 1.57. The number of halogens is 1. The van der Waals surface area contributed by atoms with Gasteiger partial charge in [0.15, 0.2) is 0 Å². The van der Waals surface area contributed by atoms with Crippen molar-refractivity contribution in [1.29, 1.82) is 0 Å². The number of hydrogen-bond donors (Lipinski definition) is 3. The lowest BCUT2D eigenvalue weighted by molar-refractivity contribution is -0.145. The second-order valence-electron chi connectivity index (χ2n) is 14.2. The monoisotopic (exact) mass is 742 g/mol. The number of aliphatic carboxylic acids is 1. The summed E-state index contributed by atoms with van der Waals surface area (Å²) in [6.07, 6.45) is 1.99. The first kappa shape index (κ1) is 37.5. The normalized spacial score (nSPS) is 27.7. The zero-order valence-corrected chi connectivity index (χ0v) is 30.7. The Kier molecular flexibility index (Phi) is 11.1. The number of methoxy groups -OCH3 is 1. The average molecular weight is 743 g/mol. The van der Waals surface area contributed by atoms with Crippen LogP contribution in [0.4, 0.5) is 4.79 Å². The van der Waals surface area contributed by atoms with E-state index in [0.29, 0.717) is 59.4 Å². The largest absolute Gasteiger partial charge is 0.490 e. The Hall–Kier alpha value is -4.30. The number of aromatic nitrogens is 1. The highest BCUT2D eigenvalue weighted by Gasteiger charge is 2.61. The fourth-order valence-electron chi connectivity index (χ4n) is 7.62. The van der Waals surface area contributed by atoms with E-state index in [2.05, 4.69) is 22.2 Å². The molecule has 3 aliphatic carbocycles. The van der Waals surface area contributed by atoms with Gasteiger partial charge in [-0.1, -0.05) is 31.5 Å². The van der Waals surface area contributed by atoms with Crippen LogP contribution in [0.1, 0.15) is 59.3 Å². The lowest BCUT2D eigenvalue weighted by Crippen LogP contribution is -2.56. The molecular formula is C37H47ClN4O10. The van der Waals surface area contributed by atoms with Gasteiger partial charge >= 0.3 is 12.1 Å². The van der Waals surface area contributed by atoms with E-state index in [1.165, 1.54) is 4.90 Å². The Labute approximate surface area is 307 Å². The van der Waals surface area contributed by atoms with Crippen molar-refractivity contribution >= 4 is 46.4 Å². The second kappa shape index (κ2) is 15.4. The molecule has 3 saturated carbocycles. The molecule has 282 valence electrons. The number of hydrogen-bond acceptors (Lipinski definition) is 10. The summed E-state index contributed by atoms with van der Waals surface area (Å²) in [6.45, 7) is 10.1. The number of ether oxygens (including phenoxy) is 5. The van der Waals surface area contributed by atoms with Gasteiger partial charge in [-0.3, -0.25) is 9.59 Å². The van der Waals surface area contributed by atoms with E-state index in [4.69, 9.17) is 35.3 Å². The van der Waals surface area contributed by atoms with Crippen LogP contribution < -0.4 is 24.8 Å². The molecule has 6 rings (SSSR count). The van der Waals surface area contributed by atoms with E-state index in [-0.39, 0.29) is 48.9 Å². The van der Waals surface area contributed by atoms with Crippen LogP contribution in [0.25, 0.3) is 10.9 Å². The summed E-state index contributed by atoms with van der Waals surface area (Å²) in [6, 6.07) is 2.74. The lowest BCUT2D eigenvalue weighted by atomic mass is 10.1. The molecule has 4 fully saturated rings. The molecule has 0 bridgehead atoms. The summed E-state index contributed by atoms with van der Waals surface area (Å²) >= 11 is 6.75. The SMILES string of the molecule is C=C(C)[C@H](NC(=O)OC1C[C@@H]2C[C@@H]2C1)C(=O)N1C[C@H](Oc2cc(OCC)nc3c(Cl)c(OCCOC)ccc23)C[C@H]1C(=O)N[C@]1(C(=O)O)C[C@H]1CC. The fraction of sp³-hybridized carbons (Fsp3) is 0.595. The van der Waals surface area contributed by atoms with E-state index in [9.17, 15) is 24.3 Å². The Morgan fingerprint density at radius 1 is 1.08 bits per heavy atom. The third-order valence-electron chi connectivity index (χ3n) is 10.6. The number of nitrogens with zero attached hydrogens (tertiary/aromatic N) is 2. The van der Waals surface area contributed by atoms with Gasteiger partial charge in [0.25, 0.3) is 0 Å². The first-order chi connectivity index (χ1) is 24.9. The van der Waals surface area contributed by atoms with Crippen molar-refractivity contribution in [1.82, 2.24) is 20.5 Å². The van der Waals surface area contributed by atoms with E-state index in [0.717, 1.165) is 19.3 Å². The summed E-state index contributed by atoms with van der Waals surface area (Å²) in [5, 5.41) is 16.2. The minimum Gasteiger partial charge on any atom is -0.490 e. The molecule has 2 aromatic rings. The first-order valence-electron chi connectivity index (χ1n) is 17.9. The fourth-order valence-corrected chi connectivity index (χ4v) is 7.88. The molecule has 3 N–H and O–H groups in total. The quantitative estimate of drug-likeness (QED) is 0.163. The molecule has 1 aromatic heterocycles. The van der Waals surface area contributed by atoms with Crippen molar-refractivity contribution < 1.29 is 48.0 Å². The highest BCUT2D eigenvalue weighted by atomic mass is 35.5. The summed E-state index contributed by atoms with van der Waals surface area (Å²) in [4.78, 5) is 59.5. The van der Waals surface area contributed by atoms with Crippen molar-refractivity contribution in [3.05, 3.63) is 35.4 Å². The molecule has 4 aliphatic rings. The highest BCUT2D eigenvalue weighted by molar-refractivity contribution is 6.36. The van der Waals surface area contributed by atoms with Gasteiger partial charge in [-0.25, -0.2) is 14.6 Å². The molecule has 1 aromatic carbocycles. The molecule has 8 atom stereocenters. The van der Waals surface area contributed by atoms with Crippen LogP contribution in [0.15, 0.2) is 30.4 Å². The number of carbonyl (C=O) groups is 4. The zero-order chi connectivity index (χ0) is 37.3. The number of benzene rings is 1. The molecule has 0 spiro atoms. The van der Waals surface area contributed by atoms with Crippen LogP contribution >= 0.6 is 11.6 Å². The summed E-state index contributed by atoms with van der Waals surface area (Å²) < 4.78 is 28.8. The number of amides is 3. The van der Waals surface area contributed by atoms with Crippen LogP contribution in [0.2, 0.25) is 5.02 Å². The number of carboxylic acids is 1. The summed E-state index contributed by atoms with van der Waals surface area (Å²) in [5.41, 5.74) is -0.704. The van der Waals surface area contributed by atoms with Crippen molar-refractivity contribution in [3.63, 3.8) is 0 Å². The van der Waals surface area contributed by atoms with Crippen molar-refractivity contribution in [2.45, 2.75) is 89.1 Å². The van der Waals surface area contributed by atoms with Gasteiger partial charge in [-0.2, -0.15) is 0 Å². The molecular weight excluding hydrogens is 696 g/mol. The molecule has 2 heterocycles. The number of rotatable bonds is 16. The van der Waals surface area contributed by atoms with E-state index in [1.54, 1.807) is 32.2 Å². The van der Waals surface area contributed by atoms with Crippen LogP contribution in [-0.4, -0.2) is 102 Å². The Morgan fingerprint density at radius 3 is 2.46 bits per heavy atom. The van der Waals surface area contributed by atoms with E-state index in [1.807, 2.05) is 13.8 Å². The number of nitrogens with one attached hydrogen (secondary N) is 2. The molecule has 15 heteroatoms. The van der Waals surface area contributed by atoms with Crippen LogP contribution in [0.3, 0.4) is 0 Å². The van der Waals surface area contributed by atoms with Gasteiger partial charge < -0.3 is 44.3 Å². The van der Waals surface area contributed by atoms with Gasteiger partial charge in [-0.05, 0) is 75.0 Å². The maximum Gasteiger partial charge on any atom is 0.408 e. The van der Waals surface area contributed by atoms with Gasteiger partial charge in [0.2, 0.25) is 17.7 Å². The Bertz CT molecular complexity index is 1730. The molecule has 52 heavy (non-hydrogen) atoms. The third-order valence-corrected chi connectivity index (χ3v) is 11.0. The minimum absolute atomic E-state index is 0.0298. The topological polar surface area (TPSA) is 175 Å². The van der Waals surface area contributed by atoms with Crippen LogP contribution in [0, 0.1) is 17.8 Å². The van der Waals surface area contributed by atoms with E-state index < -0.39 is 47.6 Å². The van der Waals surface area contributed by atoms with Crippen molar-refractivity contribution in [3.8, 4) is 17.4 Å². The Morgan fingerprint density at radius 2 is 1.83 bits per heavy atom. The van der Waals surface area contributed by atoms with Gasteiger partial charge in [0, 0.05) is 25.0 Å². The van der Waals surface area contributed by atoms with Crippen molar-refractivity contribution in [2.75, 3.05) is 33.5 Å². The van der Waals surface area contributed by atoms with Gasteiger partial charge in [-0.15, -0.1) is 0 Å². The number of alkyl carbamates (subject to hydrolysis) is 1. The molecule has 1 aliphatic heterocycles. The third kappa shape index (κ3) is 7.73. The Balaban J connectivity index is 1.26. The standard InChI is InChI=1S/C37H47ClN4O10/c1-6-22-17-37(22,35(45)46)41-33(43)26-15-24(18-42(26)34(44)31(19(3)4)40-36(47)52-23-13-20-12-21(20)14-23)51-28-16-29(49-7-2)39-32-25(28)8-9-27(30(32)38)50-11-10-48-5/h8-9,16,20-24,26,31H,3,6-7,10-15,17-18H2,1-2,4-5H3,(H,40,47)(H,41,43)(H,45,46)/t20-,21+,22-,23?,24-,26+,31+,37-/m1/s1. The number of fused-ring (bicyclic) bond motifs is 2. The molecule has 1 saturated heterocycles. The lowest BCUT2D eigenvalue weighted by Gasteiger charge is -2.29. The van der Waals surface area contributed by atoms with E-state index >= 15 is 0 Å². The second-order valence-corrected chi connectivity index (χ2v) is 14.6. The van der Waals surface area contributed by atoms with Gasteiger partial charge in [0.05, 0.1) is 19.8 Å².